The van der Waals surface area contributed by atoms with E-state index >= 15 is 0 Å². The van der Waals surface area contributed by atoms with Gasteiger partial charge in [-0.1, -0.05) is 30.3 Å². The molecule has 2 aromatic carbocycles. The van der Waals surface area contributed by atoms with E-state index in [1.54, 1.807) is 0 Å². The molecular weight excluding hydrogens is 315 g/mol. The lowest BCUT2D eigenvalue weighted by Gasteiger charge is -2.19. The van der Waals surface area contributed by atoms with Gasteiger partial charge in [0.1, 0.15) is 5.82 Å². The first kappa shape index (κ1) is 17.6. The number of hydrogen-bond acceptors (Lipinski definition) is 4. The molecule has 0 radical (unpaired) electrons. The molecule has 0 heterocycles. The second-order valence-corrected chi connectivity index (χ2v) is 5.22. The third-order valence-electron chi connectivity index (χ3n) is 3.57. The number of non-ortho nitro benzene ring substituents is 1. The number of amides is 1. The Kier molecular flexibility index (Phi) is 5.97. The molecule has 0 fully saturated rings. The summed E-state index contributed by atoms with van der Waals surface area (Å²) in [5, 5.41) is 22.3. The third-order valence-corrected chi connectivity index (χ3v) is 3.57. The first-order valence-corrected chi connectivity index (χ1v) is 7.43. The average molecular weight is 332 g/mol. The molecule has 126 valence electrons. The average Bonchev–Trinajstić information content (AvgIpc) is 2.58. The second-order valence-electron chi connectivity index (χ2n) is 5.22. The van der Waals surface area contributed by atoms with E-state index in [9.17, 15) is 19.3 Å². The number of carbonyl (C=O) groups excluding carboxylic acids is 1. The molecule has 1 atom stereocenters. The molecule has 0 bridgehead atoms. The van der Waals surface area contributed by atoms with Crippen LogP contribution in [0.3, 0.4) is 0 Å². The van der Waals surface area contributed by atoms with Crippen LogP contribution < -0.4 is 5.32 Å². The number of aliphatic hydroxyl groups excluding tert-OH is 1. The molecule has 0 saturated heterocycles. The van der Waals surface area contributed by atoms with Gasteiger partial charge in [-0.15, -0.1) is 0 Å². The zero-order valence-corrected chi connectivity index (χ0v) is 12.8. The minimum Gasteiger partial charge on any atom is -0.396 e. The molecule has 0 aliphatic rings. The Balaban J connectivity index is 2.19. The lowest BCUT2D eigenvalue weighted by Crippen LogP contribution is -2.29. The minimum atomic E-state index is -0.948. The maximum Gasteiger partial charge on any atom is 0.272 e. The Hall–Kier alpha value is -2.80. The van der Waals surface area contributed by atoms with Crippen molar-refractivity contribution in [3.8, 4) is 0 Å². The van der Waals surface area contributed by atoms with Gasteiger partial charge in [-0.25, -0.2) is 4.39 Å². The fraction of sp³-hybridized carbons (Fsp3) is 0.235. The molecule has 6 nitrogen and oxygen atoms in total. The summed E-state index contributed by atoms with van der Waals surface area (Å²) in [5.41, 5.74) is 0.163. The molecule has 0 saturated carbocycles. The highest BCUT2D eigenvalue weighted by molar-refractivity contribution is 5.95. The highest BCUT2D eigenvalue weighted by atomic mass is 19.1. The number of benzene rings is 2. The van der Waals surface area contributed by atoms with Gasteiger partial charge in [0.15, 0.2) is 0 Å². The van der Waals surface area contributed by atoms with Gasteiger partial charge in [0.25, 0.3) is 11.6 Å². The number of nitro benzene ring substituents is 1. The standard InChI is InChI=1S/C17H17FN2O4/c18-15-11-13(20(23)24)8-9-14(15)17(22)19-16(7-4-10-21)12-5-2-1-3-6-12/h1-3,5-6,8-9,11,16,21H,4,7,10H2,(H,19,22). The largest absolute Gasteiger partial charge is 0.396 e. The zero-order chi connectivity index (χ0) is 17.5. The van der Waals surface area contributed by atoms with Crippen LogP contribution in [0.15, 0.2) is 48.5 Å². The zero-order valence-electron chi connectivity index (χ0n) is 12.8. The monoisotopic (exact) mass is 332 g/mol. The second kappa shape index (κ2) is 8.16. The predicted molar refractivity (Wildman–Crippen MR) is 86.0 cm³/mol. The van der Waals surface area contributed by atoms with Crippen LogP contribution in [-0.2, 0) is 0 Å². The van der Waals surface area contributed by atoms with Crippen LogP contribution in [0.25, 0.3) is 0 Å². The van der Waals surface area contributed by atoms with E-state index in [0.29, 0.717) is 12.8 Å². The molecule has 7 heteroatoms. The van der Waals surface area contributed by atoms with Gasteiger partial charge in [0.2, 0.25) is 0 Å². The normalized spacial score (nSPS) is 11.8. The summed E-state index contributed by atoms with van der Waals surface area (Å²) in [6.07, 6.45) is 0.962. The van der Waals surface area contributed by atoms with Crippen LogP contribution in [0.1, 0.15) is 34.8 Å². The molecule has 0 aromatic heterocycles. The molecule has 24 heavy (non-hydrogen) atoms. The summed E-state index contributed by atoms with van der Waals surface area (Å²) in [7, 11) is 0. The summed E-state index contributed by atoms with van der Waals surface area (Å²) in [5.74, 6) is -1.61. The molecule has 1 unspecified atom stereocenters. The van der Waals surface area contributed by atoms with Crippen molar-refractivity contribution in [2.24, 2.45) is 0 Å². The number of aliphatic hydroxyl groups is 1. The van der Waals surface area contributed by atoms with E-state index in [1.807, 2.05) is 30.3 Å². The van der Waals surface area contributed by atoms with Gasteiger partial charge in [-0.2, -0.15) is 0 Å². The minimum absolute atomic E-state index is 0.0227. The van der Waals surface area contributed by atoms with Crippen LogP contribution >= 0.6 is 0 Å². The van der Waals surface area contributed by atoms with Gasteiger partial charge in [-0.05, 0) is 24.5 Å². The fourth-order valence-electron chi connectivity index (χ4n) is 2.34. The predicted octanol–water partition coefficient (Wildman–Crippen LogP) is 2.98. The molecule has 0 spiro atoms. The van der Waals surface area contributed by atoms with E-state index < -0.39 is 22.3 Å². The van der Waals surface area contributed by atoms with Crippen LogP contribution in [0.4, 0.5) is 10.1 Å². The molecular formula is C17H17FN2O4. The maximum absolute atomic E-state index is 14.0. The number of halogens is 1. The Bertz CT molecular complexity index is 722. The topological polar surface area (TPSA) is 92.5 Å². The maximum atomic E-state index is 14.0. The van der Waals surface area contributed by atoms with Gasteiger partial charge in [-0.3, -0.25) is 14.9 Å². The van der Waals surface area contributed by atoms with Crippen LogP contribution in [-0.4, -0.2) is 22.5 Å². The highest BCUT2D eigenvalue weighted by Gasteiger charge is 2.20. The van der Waals surface area contributed by atoms with Crippen molar-refractivity contribution in [2.45, 2.75) is 18.9 Å². The van der Waals surface area contributed by atoms with Gasteiger partial charge in [0, 0.05) is 12.7 Å². The van der Waals surface area contributed by atoms with Crippen molar-refractivity contribution in [3.63, 3.8) is 0 Å². The lowest BCUT2D eigenvalue weighted by molar-refractivity contribution is -0.385. The number of nitro groups is 1. The van der Waals surface area contributed by atoms with E-state index in [4.69, 9.17) is 5.11 Å². The Morgan fingerprint density at radius 3 is 2.54 bits per heavy atom. The molecule has 0 aliphatic heterocycles. The lowest BCUT2D eigenvalue weighted by atomic mass is 10.0. The Labute approximate surface area is 138 Å². The fourth-order valence-corrected chi connectivity index (χ4v) is 2.34. The van der Waals surface area contributed by atoms with Gasteiger partial charge < -0.3 is 10.4 Å². The first-order chi connectivity index (χ1) is 11.5. The molecule has 2 N–H and O–H groups in total. The molecule has 0 aliphatic carbocycles. The molecule has 2 rings (SSSR count). The molecule has 1 amide bonds. The van der Waals surface area contributed by atoms with Crippen LogP contribution in [0, 0.1) is 15.9 Å². The quantitative estimate of drug-likeness (QED) is 0.602. The van der Waals surface area contributed by atoms with Crippen LogP contribution in [0.5, 0.6) is 0 Å². The van der Waals surface area contributed by atoms with Crippen molar-refractivity contribution >= 4 is 11.6 Å². The number of hydrogen-bond donors (Lipinski definition) is 2. The summed E-state index contributed by atoms with van der Waals surface area (Å²) < 4.78 is 14.0. The number of rotatable bonds is 7. The summed E-state index contributed by atoms with van der Waals surface area (Å²) in [6, 6.07) is 11.6. The van der Waals surface area contributed by atoms with Crippen molar-refractivity contribution in [2.75, 3.05) is 6.61 Å². The van der Waals surface area contributed by atoms with E-state index in [0.717, 1.165) is 23.8 Å². The summed E-state index contributed by atoms with van der Waals surface area (Å²) in [4.78, 5) is 22.2. The number of nitrogens with zero attached hydrogens (tertiary/aromatic N) is 1. The van der Waals surface area contributed by atoms with E-state index in [2.05, 4.69) is 5.32 Å². The molecule has 2 aromatic rings. The van der Waals surface area contributed by atoms with Crippen molar-refractivity contribution in [1.29, 1.82) is 0 Å². The SMILES string of the molecule is O=C(NC(CCCO)c1ccccc1)c1ccc([N+](=O)[O-])cc1F. The van der Waals surface area contributed by atoms with Crippen molar-refractivity contribution in [3.05, 3.63) is 75.6 Å². The van der Waals surface area contributed by atoms with E-state index in [-0.39, 0.29) is 18.2 Å². The van der Waals surface area contributed by atoms with Crippen molar-refractivity contribution in [1.82, 2.24) is 5.32 Å². The van der Waals surface area contributed by atoms with Gasteiger partial charge in [0.05, 0.1) is 22.6 Å². The third kappa shape index (κ3) is 4.36. The van der Waals surface area contributed by atoms with E-state index in [1.165, 1.54) is 0 Å². The smallest absolute Gasteiger partial charge is 0.272 e. The highest BCUT2D eigenvalue weighted by Crippen LogP contribution is 2.21. The Morgan fingerprint density at radius 1 is 1.25 bits per heavy atom. The Morgan fingerprint density at radius 2 is 1.96 bits per heavy atom. The number of carbonyl (C=O) groups is 1. The summed E-state index contributed by atoms with van der Waals surface area (Å²) in [6.45, 7) is -0.0227. The number of nitrogens with one attached hydrogen (secondary N) is 1. The van der Waals surface area contributed by atoms with Gasteiger partial charge >= 0.3 is 0 Å². The first-order valence-electron chi connectivity index (χ1n) is 7.43. The van der Waals surface area contributed by atoms with Crippen molar-refractivity contribution < 1.29 is 19.2 Å². The van der Waals surface area contributed by atoms with Crippen LogP contribution in [0.2, 0.25) is 0 Å². The summed E-state index contributed by atoms with van der Waals surface area (Å²) >= 11 is 0.